The Morgan fingerprint density at radius 2 is 1.60 bits per heavy atom. The molecule has 0 radical (unpaired) electrons. The lowest BCUT2D eigenvalue weighted by atomic mass is 10.0. The number of anilines is 2. The normalized spacial score (nSPS) is 16.3. The molecule has 0 aromatic heterocycles. The first kappa shape index (κ1) is 15.2. The topological polar surface area (TPSA) is 52.6 Å². The highest BCUT2D eigenvalue weighted by Gasteiger charge is 2.33. The number of aromatic hydroxyl groups is 1. The Balaban J connectivity index is 1.85. The minimum absolute atomic E-state index is 0.152. The molecule has 3 aromatic rings. The predicted octanol–water partition coefficient (Wildman–Crippen LogP) is 4.30. The molecular weight excluding hydrogens is 319 g/mol. The number of hydrogen-bond acceptors (Lipinski definition) is 3. The molecule has 5 heteroatoms. The number of phenols is 1. The lowest BCUT2D eigenvalue weighted by Gasteiger charge is -2.38. The van der Waals surface area contributed by atoms with E-state index in [9.17, 15) is 14.3 Å². The van der Waals surface area contributed by atoms with Crippen LogP contribution < -0.4 is 10.2 Å². The molecule has 0 bridgehead atoms. The van der Waals surface area contributed by atoms with Crippen molar-refractivity contribution in [1.29, 1.82) is 0 Å². The van der Waals surface area contributed by atoms with Gasteiger partial charge in [-0.25, -0.2) is 4.39 Å². The van der Waals surface area contributed by atoms with Crippen molar-refractivity contribution in [3.8, 4) is 5.75 Å². The number of phenolic OH excluding ortho intramolecular Hbond substituents is 1. The van der Waals surface area contributed by atoms with Crippen molar-refractivity contribution in [3.05, 3.63) is 89.7 Å². The standard InChI is InChI=1S/C20H15FN2O2/c21-14-7-9-15(10-8-14)23-19(13-5-11-16(24)12-6-13)22-18-4-2-1-3-17(18)20(23)25/h1-12,19,22,24H. The number of halogens is 1. The maximum absolute atomic E-state index is 13.3. The predicted molar refractivity (Wildman–Crippen MR) is 94.1 cm³/mol. The molecule has 3 aromatic carbocycles. The van der Waals surface area contributed by atoms with E-state index >= 15 is 0 Å². The molecule has 0 fully saturated rings. The van der Waals surface area contributed by atoms with E-state index in [1.54, 1.807) is 47.4 Å². The molecule has 0 saturated carbocycles. The number of nitrogens with one attached hydrogen (secondary N) is 1. The number of hydrogen-bond donors (Lipinski definition) is 2. The van der Waals surface area contributed by atoms with E-state index in [1.165, 1.54) is 12.1 Å². The third kappa shape index (κ3) is 2.70. The average molecular weight is 334 g/mol. The molecule has 1 unspecified atom stereocenters. The molecule has 1 atom stereocenters. The SMILES string of the molecule is O=C1c2ccccc2NC(c2ccc(O)cc2)N1c1ccc(F)cc1. The molecule has 124 valence electrons. The summed E-state index contributed by atoms with van der Waals surface area (Å²) in [4.78, 5) is 14.7. The molecule has 2 N–H and O–H groups in total. The summed E-state index contributed by atoms with van der Waals surface area (Å²) in [6.45, 7) is 0. The fraction of sp³-hybridized carbons (Fsp3) is 0.0500. The number of carbonyl (C=O) groups excluding carboxylic acids is 1. The van der Waals surface area contributed by atoms with E-state index in [1.807, 2.05) is 18.2 Å². The molecule has 0 aliphatic carbocycles. The second-order valence-corrected chi connectivity index (χ2v) is 5.84. The molecule has 0 saturated heterocycles. The summed E-state index contributed by atoms with van der Waals surface area (Å²) < 4.78 is 13.3. The number of para-hydroxylation sites is 1. The van der Waals surface area contributed by atoms with Crippen LogP contribution in [-0.2, 0) is 0 Å². The number of amides is 1. The maximum Gasteiger partial charge on any atom is 0.262 e. The van der Waals surface area contributed by atoms with Gasteiger partial charge in [0.2, 0.25) is 0 Å². The van der Waals surface area contributed by atoms with Gasteiger partial charge >= 0.3 is 0 Å². The van der Waals surface area contributed by atoms with Gasteiger partial charge in [0.15, 0.2) is 0 Å². The zero-order valence-corrected chi connectivity index (χ0v) is 13.2. The van der Waals surface area contributed by atoms with E-state index < -0.39 is 6.17 Å². The van der Waals surface area contributed by atoms with Gasteiger partial charge in [-0.2, -0.15) is 0 Å². The van der Waals surface area contributed by atoms with Gasteiger partial charge in [0, 0.05) is 11.4 Å². The Kier molecular flexibility index (Phi) is 3.61. The summed E-state index contributed by atoms with van der Waals surface area (Å²) in [7, 11) is 0. The summed E-state index contributed by atoms with van der Waals surface area (Å²) in [6.07, 6.45) is -0.464. The van der Waals surface area contributed by atoms with Gasteiger partial charge in [0.1, 0.15) is 17.7 Å². The van der Waals surface area contributed by atoms with E-state index in [-0.39, 0.29) is 17.5 Å². The largest absolute Gasteiger partial charge is 0.508 e. The van der Waals surface area contributed by atoms with Gasteiger partial charge in [0.25, 0.3) is 5.91 Å². The van der Waals surface area contributed by atoms with Gasteiger partial charge in [0.05, 0.1) is 5.56 Å². The Labute approximate surface area is 144 Å². The highest BCUT2D eigenvalue weighted by atomic mass is 19.1. The summed E-state index contributed by atoms with van der Waals surface area (Å²) in [5, 5.41) is 12.9. The molecule has 0 spiro atoms. The van der Waals surface area contributed by atoms with Crippen LogP contribution in [0.2, 0.25) is 0 Å². The van der Waals surface area contributed by atoms with Crippen molar-refractivity contribution < 1.29 is 14.3 Å². The number of fused-ring (bicyclic) bond motifs is 1. The molecule has 4 rings (SSSR count). The van der Waals surface area contributed by atoms with Crippen LogP contribution in [0.3, 0.4) is 0 Å². The van der Waals surface area contributed by atoms with Gasteiger partial charge in [-0.05, 0) is 54.1 Å². The number of rotatable bonds is 2. The van der Waals surface area contributed by atoms with Crippen LogP contribution >= 0.6 is 0 Å². The second kappa shape index (κ2) is 5.94. The quantitative estimate of drug-likeness (QED) is 0.734. The Hall–Kier alpha value is -3.34. The second-order valence-electron chi connectivity index (χ2n) is 5.84. The summed E-state index contributed by atoms with van der Waals surface area (Å²) in [5.41, 5.74) is 2.70. The van der Waals surface area contributed by atoms with Crippen molar-refractivity contribution in [2.45, 2.75) is 6.17 Å². The summed E-state index contributed by atoms with van der Waals surface area (Å²) >= 11 is 0. The van der Waals surface area contributed by atoms with Crippen LogP contribution in [0, 0.1) is 5.82 Å². The third-order valence-electron chi connectivity index (χ3n) is 4.24. The van der Waals surface area contributed by atoms with E-state index in [0.29, 0.717) is 11.3 Å². The molecule has 4 nitrogen and oxygen atoms in total. The van der Waals surface area contributed by atoms with Gasteiger partial charge < -0.3 is 10.4 Å². The molecular formula is C20H15FN2O2. The van der Waals surface area contributed by atoms with Crippen LogP contribution in [0.4, 0.5) is 15.8 Å². The highest BCUT2D eigenvalue weighted by Crippen LogP contribution is 2.36. The molecule has 1 amide bonds. The van der Waals surface area contributed by atoms with Crippen LogP contribution in [0.15, 0.2) is 72.8 Å². The molecule has 1 aliphatic rings. The van der Waals surface area contributed by atoms with Crippen LogP contribution in [0.1, 0.15) is 22.1 Å². The van der Waals surface area contributed by atoms with Crippen LogP contribution in [0.25, 0.3) is 0 Å². The monoisotopic (exact) mass is 334 g/mol. The van der Waals surface area contributed by atoms with Crippen LogP contribution in [0.5, 0.6) is 5.75 Å². The summed E-state index contributed by atoms with van der Waals surface area (Å²) in [5.74, 6) is -0.374. The van der Waals surface area contributed by atoms with Crippen molar-refractivity contribution in [2.75, 3.05) is 10.2 Å². The van der Waals surface area contributed by atoms with E-state index in [0.717, 1.165) is 11.3 Å². The van der Waals surface area contributed by atoms with Crippen molar-refractivity contribution >= 4 is 17.3 Å². The van der Waals surface area contributed by atoms with Crippen molar-refractivity contribution in [3.63, 3.8) is 0 Å². The van der Waals surface area contributed by atoms with Crippen molar-refractivity contribution in [2.24, 2.45) is 0 Å². The zero-order chi connectivity index (χ0) is 17.4. The Bertz CT molecular complexity index is 923. The van der Waals surface area contributed by atoms with Crippen LogP contribution in [-0.4, -0.2) is 11.0 Å². The minimum atomic E-state index is -0.464. The fourth-order valence-electron chi connectivity index (χ4n) is 3.01. The number of carbonyl (C=O) groups is 1. The molecule has 25 heavy (non-hydrogen) atoms. The first-order valence-electron chi connectivity index (χ1n) is 7.87. The van der Waals surface area contributed by atoms with Gasteiger partial charge in [-0.3, -0.25) is 9.69 Å². The van der Waals surface area contributed by atoms with Gasteiger partial charge in [-0.15, -0.1) is 0 Å². The smallest absolute Gasteiger partial charge is 0.262 e. The Morgan fingerprint density at radius 1 is 0.920 bits per heavy atom. The zero-order valence-electron chi connectivity index (χ0n) is 13.2. The molecule has 1 aliphatic heterocycles. The average Bonchev–Trinajstić information content (AvgIpc) is 2.63. The first-order chi connectivity index (χ1) is 12.1. The molecule has 1 heterocycles. The third-order valence-corrected chi connectivity index (χ3v) is 4.24. The Morgan fingerprint density at radius 3 is 2.32 bits per heavy atom. The number of nitrogens with zero attached hydrogens (tertiary/aromatic N) is 1. The lowest BCUT2D eigenvalue weighted by Crippen LogP contribution is -2.43. The van der Waals surface area contributed by atoms with Crippen molar-refractivity contribution in [1.82, 2.24) is 0 Å². The number of benzene rings is 3. The first-order valence-corrected chi connectivity index (χ1v) is 7.87. The van der Waals surface area contributed by atoms with Gasteiger partial charge in [-0.1, -0.05) is 24.3 Å². The maximum atomic E-state index is 13.3. The van der Waals surface area contributed by atoms with E-state index in [4.69, 9.17) is 0 Å². The summed E-state index contributed by atoms with van der Waals surface area (Å²) in [6, 6.07) is 19.8. The fourth-order valence-corrected chi connectivity index (χ4v) is 3.01. The van der Waals surface area contributed by atoms with E-state index in [2.05, 4.69) is 5.32 Å². The highest BCUT2D eigenvalue weighted by molar-refractivity contribution is 6.12. The lowest BCUT2D eigenvalue weighted by molar-refractivity contribution is 0.0975. The minimum Gasteiger partial charge on any atom is -0.508 e.